The zero-order chi connectivity index (χ0) is 17.6. The summed E-state index contributed by atoms with van der Waals surface area (Å²) in [6.07, 6.45) is 0.783. The second-order valence-corrected chi connectivity index (χ2v) is 7.92. The predicted octanol–water partition coefficient (Wildman–Crippen LogP) is 3.13. The molecule has 1 aromatic rings. The highest BCUT2D eigenvalue weighted by Crippen LogP contribution is 2.31. The topological polar surface area (TPSA) is 53.6 Å². The molecule has 0 aliphatic carbocycles. The Hall–Kier alpha value is -1.27. The number of carbonyl (C=O) groups is 1. The minimum absolute atomic E-state index is 0.0206. The first kappa shape index (κ1) is 19.1. The molecule has 1 aromatic carbocycles. The van der Waals surface area contributed by atoms with Crippen molar-refractivity contribution in [2.75, 3.05) is 39.3 Å². The number of benzene rings is 1. The number of piperazine rings is 1. The van der Waals surface area contributed by atoms with Crippen LogP contribution in [0, 0.1) is 0 Å². The largest absolute Gasteiger partial charge is 0.492 e. The van der Waals surface area contributed by atoms with Crippen molar-refractivity contribution in [1.29, 1.82) is 0 Å². The Balaban J connectivity index is 1.69. The third-order valence-corrected chi connectivity index (χ3v) is 4.68. The van der Waals surface area contributed by atoms with Gasteiger partial charge in [-0.05, 0) is 45.5 Å². The van der Waals surface area contributed by atoms with Crippen molar-refractivity contribution < 1.29 is 9.53 Å². The Kier molecular flexibility index (Phi) is 6.92. The van der Waals surface area contributed by atoms with E-state index in [1.165, 1.54) is 5.56 Å². The van der Waals surface area contributed by atoms with E-state index in [9.17, 15) is 4.79 Å². The summed E-state index contributed by atoms with van der Waals surface area (Å²) in [7, 11) is 0. The Morgan fingerprint density at radius 1 is 1.33 bits per heavy atom. The molecule has 1 aliphatic heterocycles. The van der Waals surface area contributed by atoms with Gasteiger partial charge in [0, 0.05) is 32.7 Å². The Morgan fingerprint density at radius 2 is 2.04 bits per heavy atom. The lowest BCUT2D eigenvalue weighted by Crippen LogP contribution is -2.50. The van der Waals surface area contributed by atoms with Crippen molar-refractivity contribution in [3.8, 4) is 5.75 Å². The minimum Gasteiger partial charge on any atom is -0.492 e. The molecular weight excluding hydrogens is 370 g/mol. The van der Waals surface area contributed by atoms with Gasteiger partial charge >= 0.3 is 6.03 Å². The molecule has 0 spiro atoms. The van der Waals surface area contributed by atoms with Crippen LogP contribution in [0.25, 0.3) is 0 Å². The smallest absolute Gasteiger partial charge is 0.317 e. The molecular formula is C18H28BrN3O2. The van der Waals surface area contributed by atoms with Crippen LogP contribution in [-0.2, 0) is 5.41 Å². The number of carbonyl (C=O) groups excluding carboxylic acids is 1. The van der Waals surface area contributed by atoms with Crippen molar-refractivity contribution in [2.24, 2.45) is 0 Å². The Morgan fingerprint density at radius 3 is 2.67 bits per heavy atom. The van der Waals surface area contributed by atoms with Crippen LogP contribution in [-0.4, -0.2) is 50.3 Å². The van der Waals surface area contributed by atoms with E-state index in [1.807, 2.05) is 11.0 Å². The summed E-state index contributed by atoms with van der Waals surface area (Å²) in [5.74, 6) is 0.844. The normalized spacial score (nSPS) is 15.2. The van der Waals surface area contributed by atoms with Gasteiger partial charge in [-0.2, -0.15) is 0 Å². The summed E-state index contributed by atoms with van der Waals surface area (Å²) >= 11 is 3.58. The summed E-state index contributed by atoms with van der Waals surface area (Å²) in [4.78, 5) is 13.8. The van der Waals surface area contributed by atoms with Crippen molar-refractivity contribution in [1.82, 2.24) is 15.5 Å². The van der Waals surface area contributed by atoms with Gasteiger partial charge in [-0.1, -0.05) is 26.8 Å². The molecule has 1 saturated heterocycles. The zero-order valence-electron chi connectivity index (χ0n) is 14.8. The van der Waals surface area contributed by atoms with Crippen molar-refractivity contribution in [3.63, 3.8) is 0 Å². The van der Waals surface area contributed by atoms with Gasteiger partial charge in [-0.3, -0.25) is 0 Å². The van der Waals surface area contributed by atoms with Crippen LogP contribution in [0.3, 0.4) is 0 Å². The maximum Gasteiger partial charge on any atom is 0.317 e. The third-order valence-electron chi connectivity index (χ3n) is 4.06. The van der Waals surface area contributed by atoms with Gasteiger partial charge in [0.2, 0.25) is 0 Å². The van der Waals surface area contributed by atoms with Crippen molar-refractivity contribution in [3.05, 3.63) is 28.2 Å². The van der Waals surface area contributed by atoms with Gasteiger partial charge < -0.3 is 20.3 Å². The highest BCUT2D eigenvalue weighted by Gasteiger charge is 2.16. The standard InChI is InChI=1S/C18H28BrN3O2/c1-18(2,3)14-5-6-16(15(19)13-14)24-12-4-7-21-17(23)22-10-8-20-9-11-22/h5-6,13,20H,4,7-12H2,1-3H3,(H,21,23). The molecule has 0 unspecified atom stereocenters. The van der Waals surface area contributed by atoms with Crippen molar-refractivity contribution >= 4 is 22.0 Å². The fourth-order valence-electron chi connectivity index (χ4n) is 2.51. The van der Waals surface area contributed by atoms with Crippen LogP contribution in [0.15, 0.2) is 22.7 Å². The number of nitrogens with one attached hydrogen (secondary N) is 2. The van der Waals surface area contributed by atoms with E-state index in [0.717, 1.165) is 42.8 Å². The van der Waals surface area contributed by atoms with E-state index in [0.29, 0.717) is 13.2 Å². The zero-order valence-corrected chi connectivity index (χ0v) is 16.4. The summed E-state index contributed by atoms with van der Waals surface area (Å²) in [6, 6.07) is 6.24. The van der Waals surface area contributed by atoms with Gasteiger partial charge in [0.15, 0.2) is 0 Å². The van der Waals surface area contributed by atoms with Crippen LogP contribution in [0.5, 0.6) is 5.75 Å². The molecule has 24 heavy (non-hydrogen) atoms. The Bertz CT molecular complexity index is 552. The van der Waals surface area contributed by atoms with E-state index in [-0.39, 0.29) is 11.4 Å². The number of urea groups is 1. The number of rotatable bonds is 5. The monoisotopic (exact) mass is 397 g/mol. The fourth-order valence-corrected chi connectivity index (χ4v) is 3.01. The van der Waals surface area contributed by atoms with Gasteiger partial charge in [-0.25, -0.2) is 4.79 Å². The molecule has 134 valence electrons. The van der Waals surface area contributed by atoms with Crippen LogP contribution < -0.4 is 15.4 Å². The lowest BCUT2D eigenvalue weighted by atomic mass is 9.87. The van der Waals surface area contributed by atoms with E-state index >= 15 is 0 Å². The van der Waals surface area contributed by atoms with Gasteiger partial charge in [0.25, 0.3) is 0 Å². The average molecular weight is 398 g/mol. The van der Waals surface area contributed by atoms with Gasteiger partial charge in [-0.15, -0.1) is 0 Å². The number of amides is 2. The van der Waals surface area contributed by atoms with Gasteiger partial charge in [0.05, 0.1) is 11.1 Å². The summed E-state index contributed by atoms with van der Waals surface area (Å²) in [6.45, 7) is 11.1. The molecule has 2 N–H and O–H groups in total. The first-order valence-electron chi connectivity index (χ1n) is 8.54. The maximum atomic E-state index is 12.0. The van der Waals surface area contributed by atoms with Crippen LogP contribution >= 0.6 is 15.9 Å². The SMILES string of the molecule is CC(C)(C)c1ccc(OCCCNC(=O)N2CCNCC2)c(Br)c1. The molecule has 0 bridgehead atoms. The Labute approximate surface area is 153 Å². The van der Waals surface area contributed by atoms with E-state index < -0.39 is 0 Å². The molecule has 0 radical (unpaired) electrons. The highest BCUT2D eigenvalue weighted by atomic mass is 79.9. The first-order chi connectivity index (χ1) is 11.4. The average Bonchev–Trinajstić information content (AvgIpc) is 2.55. The molecule has 6 heteroatoms. The van der Waals surface area contributed by atoms with Crippen molar-refractivity contribution in [2.45, 2.75) is 32.6 Å². The second kappa shape index (κ2) is 8.72. The van der Waals surface area contributed by atoms with Crippen LogP contribution in [0.4, 0.5) is 4.79 Å². The van der Waals surface area contributed by atoms with E-state index in [4.69, 9.17) is 4.74 Å². The van der Waals surface area contributed by atoms with E-state index in [1.54, 1.807) is 0 Å². The molecule has 1 fully saturated rings. The van der Waals surface area contributed by atoms with E-state index in [2.05, 4.69) is 59.5 Å². The molecule has 2 rings (SSSR count). The minimum atomic E-state index is 0.0206. The highest BCUT2D eigenvalue weighted by molar-refractivity contribution is 9.10. The number of nitrogens with zero attached hydrogens (tertiary/aromatic N) is 1. The lowest BCUT2D eigenvalue weighted by molar-refractivity contribution is 0.189. The lowest BCUT2D eigenvalue weighted by Gasteiger charge is -2.27. The van der Waals surface area contributed by atoms with Gasteiger partial charge in [0.1, 0.15) is 5.75 Å². The van der Waals surface area contributed by atoms with Crippen LogP contribution in [0.2, 0.25) is 0 Å². The summed E-state index contributed by atoms with van der Waals surface area (Å²) in [5.41, 5.74) is 1.39. The van der Waals surface area contributed by atoms with Crippen LogP contribution in [0.1, 0.15) is 32.8 Å². The molecule has 1 heterocycles. The summed E-state index contributed by atoms with van der Waals surface area (Å²) in [5, 5.41) is 6.19. The maximum absolute atomic E-state index is 12.0. The number of halogens is 1. The predicted molar refractivity (Wildman–Crippen MR) is 101 cm³/mol. The third kappa shape index (κ3) is 5.67. The molecule has 0 saturated carbocycles. The number of hydrogen-bond acceptors (Lipinski definition) is 3. The quantitative estimate of drug-likeness (QED) is 0.750. The molecule has 5 nitrogen and oxygen atoms in total. The second-order valence-electron chi connectivity index (χ2n) is 7.07. The molecule has 1 aliphatic rings. The number of ether oxygens (including phenoxy) is 1. The molecule has 0 atom stereocenters. The number of hydrogen-bond donors (Lipinski definition) is 2. The summed E-state index contributed by atoms with van der Waals surface area (Å²) < 4.78 is 6.78. The first-order valence-corrected chi connectivity index (χ1v) is 9.33. The molecule has 0 aromatic heterocycles. The fraction of sp³-hybridized carbons (Fsp3) is 0.611. The molecule has 2 amide bonds.